The number of aromatic nitrogens is 1. The van der Waals surface area contributed by atoms with Crippen molar-refractivity contribution in [2.45, 2.75) is 26.8 Å². The van der Waals surface area contributed by atoms with Crippen molar-refractivity contribution in [1.82, 2.24) is 4.57 Å². The van der Waals surface area contributed by atoms with Crippen LogP contribution in [-0.2, 0) is 13.0 Å². The zero-order chi connectivity index (χ0) is 8.27. The summed E-state index contributed by atoms with van der Waals surface area (Å²) in [4.78, 5) is 0. The van der Waals surface area contributed by atoms with E-state index in [0.29, 0.717) is 0 Å². The first-order valence-corrected chi connectivity index (χ1v) is 4.05. The molecule has 0 aromatic carbocycles. The van der Waals surface area contributed by atoms with Crippen molar-refractivity contribution < 1.29 is 5.11 Å². The highest BCUT2D eigenvalue weighted by Gasteiger charge is 2.01. The Bertz CT molecular complexity index is 227. The van der Waals surface area contributed by atoms with Crippen LogP contribution in [0, 0.1) is 6.92 Å². The molecule has 0 aliphatic heterocycles. The minimum absolute atomic E-state index is 0.223. The average molecular weight is 153 g/mol. The maximum atomic E-state index is 8.73. The van der Waals surface area contributed by atoms with E-state index < -0.39 is 0 Å². The zero-order valence-electron chi connectivity index (χ0n) is 7.17. The molecule has 0 saturated carbocycles. The molecule has 0 fully saturated rings. The highest BCUT2D eigenvalue weighted by Crippen LogP contribution is 2.09. The fourth-order valence-corrected chi connectivity index (χ4v) is 1.41. The summed E-state index contributed by atoms with van der Waals surface area (Å²) in [6.45, 7) is 5.18. The van der Waals surface area contributed by atoms with E-state index in [1.165, 1.54) is 11.3 Å². The van der Waals surface area contributed by atoms with Crippen molar-refractivity contribution in [3.8, 4) is 0 Å². The molecule has 1 N–H and O–H groups in total. The SMILES string of the molecule is CCc1c(C)ccn1CCO. The van der Waals surface area contributed by atoms with Crippen molar-refractivity contribution in [3.63, 3.8) is 0 Å². The quantitative estimate of drug-likeness (QED) is 0.696. The van der Waals surface area contributed by atoms with Gasteiger partial charge in [0.1, 0.15) is 0 Å². The summed E-state index contributed by atoms with van der Waals surface area (Å²) in [6.07, 6.45) is 3.07. The van der Waals surface area contributed by atoms with E-state index in [0.717, 1.165) is 13.0 Å². The standard InChI is InChI=1S/C9H15NO/c1-3-9-8(2)4-5-10(9)6-7-11/h4-5,11H,3,6-7H2,1-2H3. The predicted octanol–water partition coefficient (Wildman–Crippen LogP) is 1.35. The van der Waals surface area contributed by atoms with Gasteiger partial charge in [-0.15, -0.1) is 0 Å². The molecule has 0 aliphatic carbocycles. The number of nitrogens with zero attached hydrogens (tertiary/aromatic N) is 1. The molecule has 62 valence electrons. The van der Waals surface area contributed by atoms with Gasteiger partial charge in [-0.25, -0.2) is 0 Å². The van der Waals surface area contributed by atoms with Gasteiger partial charge in [-0.05, 0) is 25.0 Å². The van der Waals surface area contributed by atoms with Gasteiger partial charge in [0.05, 0.1) is 6.61 Å². The lowest BCUT2D eigenvalue weighted by atomic mass is 10.2. The van der Waals surface area contributed by atoms with E-state index in [1.54, 1.807) is 0 Å². The Morgan fingerprint density at radius 2 is 2.27 bits per heavy atom. The van der Waals surface area contributed by atoms with Crippen LogP contribution in [0.15, 0.2) is 12.3 Å². The minimum atomic E-state index is 0.223. The van der Waals surface area contributed by atoms with Gasteiger partial charge in [-0.2, -0.15) is 0 Å². The van der Waals surface area contributed by atoms with Gasteiger partial charge in [-0.3, -0.25) is 0 Å². The lowest BCUT2D eigenvalue weighted by molar-refractivity contribution is 0.274. The maximum Gasteiger partial charge on any atom is 0.0610 e. The molecular formula is C9H15NO. The number of aliphatic hydroxyl groups is 1. The van der Waals surface area contributed by atoms with Crippen LogP contribution >= 0.6 is 0 Å². The van der Waals surface area contributed by atoms with Crippen molar-refractivity contribution in [2.75, 3.05) is 6.61 Å². The minimum Gasteiger partial charge on any atom is -0.395 e. The van der Waals surface area contributed by atoms with Crippen LogP contribution in [0.1, 0.15) is 18.2 Å². The van der Waals surface area contributed by atoms with E-state index in [9.17, 15) is 0 Å². The van der Waals surface area contributed by atoms with E-state index >= 15 is 0 Å². The third-order valence-electron chi connectivity index (χ3n) is 1.98. The fourth-order valence-electron chi connectivity index (χ4n) is 1.41. The summed E-state index contributed by atoms with van der Waals surface area (Å²) in [7, 11) is 0. The molecular weight excluding hydrogens is 138 g/mol. The Labute approximate surface area is 67.5 Å². The molecule has 0 saturated heterocycles. The smallest absolute Gasteiger partial charge is 0.0610 e. The summed E-state index contributed by atoms with van der Waals surface area (Å²) >= 11 is 0. The van der Waals surface area contributed by atoms with E-state index in [-0.39, 0.29) is 6.61 Å². The van der Waals surface area contributed by atoms with Gasteiger partial charge < -0.3 is 9.67 Å². The van der Waals surface area contributed by atoms with Gasteiger partial charge in [0.15, 0.2) is 0 Å². The van der Waals surface area contributed by atoms with Gasteiger partial charge in [0, 0.05) is 18.4 Å². The maximum absolute atomic E-state index is 8.73. The fraction of sp³-hybridized carbons (Fsp3) is 0.556. The molecule has 0 bridgehead atoms. The summed E-state index contributed by atoms with van der Waals surface area (Å²) in [6, 6.07) is 2.09. The second-order valence-electron chi connectivity index (χ2n) is 2.72. The predicted molar refractivity (Wildman–Crippen MR) is 45.6 cm³/mol. The monoisotopic (exact) mass is 153 g/mol. The first-order chi connectivity index (χ1) is 5.29. The Kier molecular flexibility index (Phi) is 2.71. The number of aryl methyl sites for hydroxylation is 1. The Morgan fingerprint density at radius 1 is 1.55 bits per heavy atom. The van der Waals surface area contributed by atoms with Crippen molar-refractivity contribution in [1.29, 1.82) is 0 Å². The summed E-state index contributed by atoms with van der Waals surface area (Å²) < 4.78 is 2.11. The summed E-state index contributed by atoms with van der Waals surface area (Å²) in [5, 5.41) is 8.73. The highest BCUT2D eigenvalue weighted by atomic mass is 16.3. The molecule has 2 nitrogen and oxygen atoms in total. The lowest BCUT2D eigenvalue weighted by Gasteiger charge is -2.05. The second-order valence-corrected chi connectivity index (χ2v) is 2.72. The third kappa shape index (κ3) is 1.63. The molecule has 0 unspecified atom stereocenters. The van der Waals surface area contributed by atoms with Crippen LogP contribution in [-0.4, -0.2) is 16.3 Å². The number of hydrogen-bond acceptors (Lipinski definition) is 1. The third-order valence-corrected chi connectivity index (χ3v) is 1.98. The lowest BCUT2D eigenvalue weighted by Crippen LogP contribution is -2.04. The van der Waals surface area contributed by atoms with Gasteiger partial charge >= 0.3 is 0 Å². The molecule has 1 aromatic heterocycles. The number of aliphatic hydroxyl groups excluding tert-OH is 1. The van der Waals surface area contributed by atoms with Crippen LogP contribution in [0.5, 0.6) is 0 Å². The van der Waals surface area contributed by atoms with Gasteiger partial charge in [0.2, 0.25) is 0 Å². The number of rotatable bonds is 3. The van der Waals surface area contributed by atoms with Crippen LogP contribution in [0.2, 0.25) is 0 Å². The topological polar surface area (TPSA) is 25.2 Å². The van der Waals surface area contributed by atoms with E-state index in [2.05, 4.69) is 24.5 Å². The van der Waals surface area contributed by atoms with E-state index in [1.807, 2.05) is 6.20 Å². The molecule has 11 heavy (non-hydrogen) atoms. The Hall–Kier alpha value is -0.760. The van der Waals surface area contributed by atoms with Crippen molar-refractivity contribution >= 4 is 0 Å². The van der Waals surface area contributed by atoms with Crippen LogP contribution in [0.25, 0.3) is 0 Å². The van der Waals surface area contributed by atoms with Crippen molar-refractivity contribution in [2.24, 2.45) is 0 Å². The van der Waals surface area contributed by atoms with Crippen molar-refractivity contribution in [3.05, 3.63) is 23.5 Å². The molecule has 0 aliphatic rings. The second kappa shape index (κ2) is 3.58. The van der Waals surface area contributed by atoms with Crippen LogP contribution in [0.4, 0.5) is 0 Å². The first kappa shape index (κ1) is 8.34. The average Bonchev–Trinajstić information content (AvgIpc) is 2.33. The molecule has 0 radical (unpaired) electrons. The number of hydrogen-bond donors (Lipinski definition) is 1. The molecule has 2 heteroatoms. The summed E-state index contributed by atoms with van der Waals surface area (Å²) in [5.41, 5.74) is 2.65. The zero-order valence-corrected chi connectivity index (χ0v) is 7.17. The normalized spacial score (nSPS) is 10.5. The highest BCUT2D eigenvalue weighted by molar-refractivity contribution is 5.20. The molecule has 1 aromatic rings. The Morgan fingerprint density at radius 3 is 2.82 bits per heavy atom. The van der Waals surface area contributed by atoms with Gasteiger partial charge in [-0.1, -0.05) is 6.92 Å². The van der Waals surface area contributed by atoms with Crippen LogP contribution < -0.4 is 0 Å². The molecule has 0 atom stereocenters. The Balaban J connectivity index is 2.86. The molecule has 1 rings (SSSR count). The van der Waals surface area contributed by atoms with Gasteiger partial charge in [0.25, 0.3) is 0 Å². The molecule has 0 amide bonds. The largest absolute Gasteiger partial charge is 0.395 e. The first-order valence-electron chi connectivity index (χ1n) is 4.05. The molecule has 1 heterocycles. The van der Waals surface area contributed by atoms with Crippen LogP contribution in [0.3, 0.4) is 0 Å². The summed E-state index contributed by atoms with van der Waals surface area (Å²) in [5.74, 6) is 0. The van der Waals surface area contributed by atoms with E-state index in [4.69, 9.17) is 5.11 Å². The molecule has 0 spiro atoms.